The SMILES string of the molecule is CCc1cccc(C)c1NC(=O)COc1cccc(F)c1. The van der Waals surface area contributed by atoms with Crippen LogP contribution in [-0.2, 0) is 11.2 Å². The standard InChI is InChI=1S/C17H18FNO2/c1-3-13-7-4-6-12(2)17(13)19-16(20)11-21-15-9-5-8-14(18)10-15/h4-10H,3,11H2,1-2H3,(H,19,20). The van der Waals surface area contributed by atoms with Gasteiger partial charge in [0, 0.05) is 11.8 Å². The van der Waals surface area contributed by atoms with Crippen LogP contribution in [-0.4, -0.2) is 12.5 Å². The molecule has 0 saturated heterocycles. The van der Waals surface area contributed by atoms with Crippen molar-refractivity contribution < 1.29 is 13.9 Å². The molecule has 0 aliphatic rings. The van der Waals surface area contributed by atoms with Crippen molar-refractivity contribution in [3.63, 3.8) is 0 Å². The molecule has 2 aromatic carbocycles. The summed E-state index contributed by atoms with van der Waals surface area (Å²) in [7, 11) is 0. The van der Waals surface area contributed by atoms with Crippen LogP contribution in [0, 0.1) is 12.7 Å². The predicted octanol–water partition coefficient (Wildman–Crippen LogP) is 3.71. The first kappa shape index (κ1) is 15.0. The highest BCUT2D eigenvalue weighted by Gasteiger charge is 2.09. The number of amides is 1. The number of halogens is 1. The van der Waals surface area contributed by atoms with Crippen LogP contribution in [0.2, 0.25) is 0 Å². The van der Waals surface area contributed by atoms with Gasteiger partial charge in [0.1, 0.15) is 11.6 Å². The summed E-state index contributed by atoms with van der Waals surface area (Å²) in [6.07, 6.45) is 0.835. The molecule has 2 rings (SSSR count). The zero-order valence-electron chi connectivity index (χ0n) is 12.2. The summed E-state index contributed by atoms with van der Waals surface area (Å²) in [6.45, 7) is 3.83. The normalized spacial score (nSPS) is 10.2. The molecule has 0 atom stereocenters. The quantitative estimate of drug-likeness (QED) is 0.910. The molecule has 0 aliphatic carbocycles. The van der Waals surface area contributed by atoms with Gasteiger partial charge in [-0.1, -0.05) is 31.2 Å². The number of nitrogens with one attached hydrogen (secondary N) is 1. The lowest BCUT2D eigenvalue weighted by Crippen LogP contribution is -2.21. The van der Waals surface area contributed by atoms with E-state index in [1.165, 1.54) is 12.1 Å². The second-order valence-electron chi connectivity index (χ2n) is 4.76. The van der Waals surface area contributed by atoms with Crippen molar-refractivity contribution >= 4 is 11.6 Å². The predicted molar refractivity (Wildman–Crippen MR) is 81.1 cm³/mol. The maximum atomic E-state index is 13.0. The molecule has 21 heavy (non-hydrogen) atoms. The van der Waals surface area contributed by atoms with Gasteiger partial charge in [0.15, 0.2) is 6.61 Å². The van der Waals surface area contributed by atoms with Gasteiger partial charge in [0.2, 0.25) is 0 Å². The number of carbonyl (C=O) groups excluding carboxylic acids is 1. The molecule has 1 amide bonds. The van der Waals surface area contributed by atoms with Crippen molar-refractivity contribution in [3.8, 4) is 5.75 Å². The Hall–Kier alpha value is -2.36. The number of anilines is 1. The molecule has 1 N–H and O–H groups in total. The van der Waals surface area contributed by atoms with Crippen molar-refractivity contribution in [3.05, 3.63) is 59.4 Å². The Bertz CT molecular complexity index is 640. The average Bonchev–Trinajstić information content (AvgIpc) is 2.47. The minimum absolute atomic E-state index is 0.152. The largest absolute Gasteiger partial charge is 0.484 e. The number of hydrogen-bond acceptors (Lipinski definition) is 2. The lowest BCUT2D eigenvalue weighted by molar-refractivity contribution is -0.118. The summed E-state index contributed by atoms with van der Waals surface area (Å²) < 4.78 is 18.3. The Kier molecular flexibility index (Phi) is 4.93. The summed E-state index contributed by atoms with van der Waals surface area (Å²) in [5, 5.41) is 2.86. The smallest absolute Gasteiger partial charge is 0.262 e. The van der Waals surface area contributed by atoms with Crippen LogP contribution in [0.15, 0.2) is 42.5 Å². The van der Waals surface area contributed by atoms with E-state index in [0.29, 0.717) is 5.75 Å². The number of para-hydroxylation sites is 1. The van der Waals surface area contributed by atoms with Crippen LogP contribution in [0.4, 0.5) is 10.1 Å². The highest BCUT2D eigenvalue weighted by Crippen LogP contribution is 2.21. The van der Waals surface area contributed by atoms with E-state index in [-0.39, 0.29) is 18.3 Å². The van der Waals surface area contributed by atoms with E-state index in [1.807, 2.05) is 32.0 Å². The number of hydrogen-bond donors (Lipinski definition) is 1. The topological polar surface area (TPSA) is 38.3 Å². The van der Waals surface area contributed by atoms with Crippen LogP contribution >= 0.6 is 0 Å². The third-order valence-electron chi connectivity index (χ3n) is 3.17. The van der Waals surface area contributed by atoms with E-state index in [9.17, 15) is 9.18 Å². The van der Waals surface area contributed by atoms with E-state index in [1.54, 1.807) is 12.1 Å². The van der Waals surface area contributed by atoms with Crippen LogP contribution in [0.3, 0.4) is 0 Å². The third kappa shape index (κ3) is 4.05. The Morgan fingerprint density at radius 3 is 2.71 bits per heavy atom. The Labute approximate surface area is 123 Å². The molecular formula is C17H18FNO2. The van der Waals surface area contributed by atoms with Crippen molar-refractivity contribution in [2.45, 2.75) is 20.3 Å². The van der Waals surface area contributed by atoms with Crippen molar-refractivity contribution in [2.75, 3.05) is 11.9 Å². The fraction of sp³-hybridized carbons (Fsp3) is 0.235. The monoisotopic (exact) mass is 287 g/mol. The lowest BCUT2D eigenvalue weighted by atomic mass is 10.1. The molecule has 0 heterocycles. The maximum absolute atomic E-state index is 13.0. The molecule has 0 radical (unpaired) electrons. The number of ether oxygens (including phenoxy) is 1. The molecule has 2 aromatic rings. The first-order valence-corrected chi connectivity index (χ1v) is 6.87. The highest BCUT2D eigenvalue weighted by atomic mass is 19.1. The number of benzene rings is 2. The molecule has 4 heteroatoms. The summed E-state index contributed by atoms with van der Waals surface area (Å²) >= 11 is 0. The summed E-state index contributed by atoms with van der Waals surface area (Å²) in [5.74, 6) is -0.311. The van der Waals surface area contributed by atoms with Crippen molar-refractivity contribution in [1.82, 2.24) is 0 Å². The molecule has 0 fully saturated rings. The molecule has 0 spiro atoms. The van der Waals surface area contributed by atoms with Gasteiger partial charge in [-0.15, -0.1) is 0 Å². The van der Waals surface area contributed by atoms with Crippen molar-refractivity contribution in [2.24, 2.45) is 0 Å². The molecule has 3 nitrogen and oxygen atoms in total. The molecule has 110 valence electrons. The Balaban J connectivity index is 1.99. The third-order valence-corrected chi connectivity index (χ3v) is 3.17. The van der Waals surface area contributed by atoms with E-state index in [0.717, 1.165) is 23.2 Å². The number of rotatable bonds is 5. The minimum Gasteiger partial charge on any atom is -0.484 e. The van der Waals surface area contributed by atoms with E-state index < -0.39 is 0 Å². The first-order chi connectivity index (χ1) is 10.1. The molecule has 0 saturated carbocycles. The second kappa shape index (κ2) is 6.88. The van der Waals surface area contributed by atoms with Gasteiger partial charge in [0.05, 0.1) is 0 Å². The van der Waals surface area contributed by atoms with Gasteiger partial charge in [-0.25, -0.2) is 4.39 Å². The van der Waals surface area contributed by atoms with Gasteiger partial charge in [0.25, 0.3) is 5.91 Å². The molecule has 0 aliphatic heterocycles. The van der Waals surface area contributed by atoms with Gasteiger partial charge >= 0.3 is 0 Å². The van der Waals surface area contributed by atoms with Gasteiger partial charge in [-0.05, 0) is 36.6 Å². The van der Waals surface area contributed by atoms with Crippen LogP contribution in [0.1, 0.15) is 18.1 Å². The number of carbonyl (C=O) groups is 1. The van der Waals surface area contributed by atoms with Crippen LogP contribution < -0.4 is 10.1 Å². The summed E-state index contributed by atoms with van der Waals surface area (Å²) in [4.78, 5) is 12.0. The molecule has 0 bridgehead atoms. The lowest BCUT2D eigenvalue weighted by Gasteiger charge is -2.13. The summed E-state index contributed by atoms with van der Waals surface area (Å²) in [5.41, 5.74) is 2.91. The van der Waals surface area contributed by atoms with Crippen LogP contribution in [0.5, 0.6) is 5.75 Å². The first-order valence-electron chi connectivity index (χ1n) is 6.87. The molecule has 0 unspecified atom stereocenters. The average molecular weight is 287 g/mol. The van der Waals surface area contributed by atoms with E-state index >= 15 is 0 Å². The number of aryl methyl sites for hydroxylation is 2. The minimum atomic E-state index is -0.389. The van der Waals surface area contributed by atoms with E-state index in [4.69, 9.17) is 4.74 Å². The zero-order chi connectivity index (χ0) is 15.2. The fourth-order valence-corrected chi connectivity index (χ4v) is 2.08. The molecular weight excluding hydrogens is 269 g/mol. The summed E-state index contributed by atoms with van der Waals surface area (Å²) in [6, 6.07) is 11.6. The van der Waals surface area contributed by atoms with Gasteiger partial charge in [-0.3, -0.25) is 4.79 Å². The highest BCUT2D eigenvalue weighted by molar-refractivity contribution is 5.93. The van der Waals surface area contributed by atoms with Gasteiger partial charge < -0.3 is 10.1 Å². The van der Waals surface area contributed by atoms with Gasteiger partial charge in [-0.2, -0.15) is 0 Å². The van der Waals surface area contributed by atoms with Crippen molar-refractivity contribution in [1.29, 1.82) is 0 Å². The fourth-order valence-electron chi connectivity index (χ4n) is 2.08. The molecule has 0 aromatic heterocycles. The zero-order valence-corrected chi connectivity index (χ0v) is 12.2. The second-order valence-corrected chi connectivity index (χ2v) is 4.76. The Morgan fingerprint density at radius 2 is 2.00 bits per heavy atom. The Morgan fingerprint density at radius 1 is 1.24 bits per heavy atom. The maximum Gasteiger partial charge on any atom is 0.262 e. The van der Waals surface area contributed by atoms with E-state index in [2.05, 4.69) is 5.32 Å². The van der Waals surface area contributed by atoms with Crippen LogP contribution in [0.25, 0.3) is 0 Å².